The van der Waals surface area contributed by atoms with Crippen LogP contribution < -0.4 is 20.7 Å². The fourth-order valence-corrected chi connectivity index (χ4v) is 1.95. The normalized spacial score (nSPS) is 9.92. The summed E-state index contributed by atoms with van der Waals surface area (Å²) in [5.74, 6) is -0.376. The van der Waals surface area contributed by atoms with E-state index >= 15 is 0 Å². The van der Waals surface area contributed by atoms with Gasteiger partial charge in [-0.15, -0.1) is 0 Å². The van der Waals surface area contributed by atoms with Crippen LogP contribution in [0.15, 0.2) is 48.5 Å². The van der Waals surface area contributed by atoms with E-state index in [1.165, 1.54) is 18.2 Å². The third-order valence-corrected chi connectivity index (χ3v) is 2.95. The molecule has 24 heavy (non-hydrogen) atoms. The fourth-order valence-electron chi connectivity index (χ4n) is 1.95. The molecule has 0 aliphatic heterocycles. The van der Waals surface area contributed by atoms with Gasteiger partial charge in [-0.25, -0.2) is 9.18 Å². The van der Waals surface area contributed by atoms with Gasteiger partial charge in [-0.3, -0.25) is 4.79 Å². The second-order valence-corrected chi connectivity index (χ2v) is 4.80. The number of anilines is 2. The van der Waals surface area contributed by atoms with E-state index < -0.39 is 17.8 Å². The minimum atomic E-state index is -0.545. The number of hydrogen-bond donors (Lipinski definition) is 3. The van der Waals surface area contributed by atoms with Crippen LogP contribution in [0.4, 0.5) is 20.6 Å². The Balaban J connectivity index is 1.84. The molecule has 0 aromatic heterocycles. The highest BCUT2D eigenvalue weighted by Gasteiger charge is 2.09. The largest absolute Gasteiger partial charge is 0.492 e. The average Bonchev–Trinajstić information content (AvgIpc) is 2.55. The second-order valence-electron chi connectivity index (χ2n) is 4.80. The highest BCUT2D eigenvalue weighted by Crippen LogP contribution is 2.23. The van der Waals surface area contributed by atoms with E-state index in [0.29, 0.717) is 23.7 Å². The van der Waals surface area contributed by atoms with Crippen LogP contribution >= 0.6 is 0 Å². The predicted octanol–water partition coefficient (Wildman–Crippen LogP) is 2.98. The topological polar surface area (TPSA) is 79.5 Å². The van der Waals surface area contributed by atoms with E-state index in [9.17, 15) is 14.0 Å². The molecule has 0 saturated carbocycles. The number of benzene rings is 2. The summed E-state index contributed by atoms with van der Waals surface area (Å²) in [7, 11) is 0. The number of carbonyl (C=O) groups excluding carboxylic acids is 2. The first-order valence-electron chi connectivity index (χ1n) is 7.40. The Labute approximate surface area is 139 Å². The first kappa shape index (κ1) is 17.3. The smallest absolute Gasteiger partial charge is 0.319 e. The molecule has 126 valence electrons. The Bertz CT molecular complexity index is 722. The van der Waals surface area contributed by atoms with Gasteiger partial charge in [0.25, 0.3) is 0 Å². The van der Waals surface area contributed by atoms with E-state index in [1.807, 2.05) is 6.92 Å². The molecule has 0 saturated heterocycles. The van der Waals surface area contributed by atoms with Crippen molar-refractivity contribution >= 4 is 23.3 Å². The summed E-state index contributed by atoms with van der Waals surface area (Å²) in [6.45, 7) is 2.06. The van der Waals surface area contributed by atoms with Crippen LogP contribution in [-0.4, -0.2) is 25.1 Å². The summed E-state index contributed by atoms with van der Waals surface area (Å²) >= 11 is 0. The van der Waals surface area contributed by atoms with Gasteiger partial charge in [0.2, 0.25) is 5.91 Å². The SMILES string of the molecule is CCOc1ccccc1NC(=O)NCC(=O)Nc1cccc(F)c1. The molecule has 0 fully saturated rings. The predicted molar refractivity (Wildman–Crippen MR) is 89.7 cm³/mol. The number of para-hydroxylation sites is 2. The van der Waals surface area contributed by atoms with Crippen molar-refractivity contribution in [2.45, 2.75) is 6.92 Å². The summed E-state index contributed by atoms with van der Waals surface area (Å²) in [5.41, 5.74) is 0.825. The maximum atomic E-state index is 13.0. The number of ether oxygens (including phenoxy) is 1. The minimum Gasteiger partial charge on any atom is -0.492 e. The maximum absolute atomic E-state index is 13.0. The third-order valence-electron chi connectivity index (χ3n) is 2.95. The Morgan fingerprint density at radius 1 is 1.08 bits per heavy atom. The van der Waals surface area contributed by atoms with Crippen molar-refractivity contribution < 1.29 is 18.7 Å². The number of nitrogens with one attached hydrogen (secondary N) is 3. The van der Waals surface area contributed by atoms with Crippen molar-refractivity contribution in [3.8, 4) is 5.75 Å². The standard InChI is InChI=1S/C17H18FN3O3/c1-2-24-15-9-4-3-8-14(15)21-17(23)19-11-16(22)20-13-7-5-6-12(18)10-13/h3-10H,2,11H2,1H3,(H,20,22)(H2,19,21,23). The van der Waals surface area contributed by atoms with Crippen LogP contribution in [-0.2, 0) is 4.79 Å². The molecule has 7 heteroatoms. The van der Waals surface area contributed by atoms with E-state index in [0.717, 1.165) is 0 Å². The fraction of sp³-hybridized carbons (Fsp3) is 0.176. The summed E-state index contributed by atoms with van der Waals surface area (Å²) in [6.07, 6.45) is 0. The third kappa shape index (κ3) is 5.28. The number of amides is 3. The van der Waals surface area contributed by atoms with Crippen LogP contribution in [0.25, 0.3) is 0 Å². The van der Waals surface area contributed by atoms with Crippen molar-refractivity contribution in [1.29, 1.82) is 0 Å². The van der Waals surface area contributed by atoms with Gasteiger partial charge in [0, 0.05) is 5.69 Å². The quantitative estimate of drug-likeness (QED) is 0.761. The molecule has 6 nitrogen and oxygen atoms in total. The molecule has 2 rings (SSSR count). The highest BCUT2D eigenvalue weighted by atomic mass is 19.1. The Hall–Kier alpha value is -3.09. The van der Waals surface area contributed by atoms with Crippen molar-refractivity contribution in [3.05, 3.63) is 54.3 Å². The van der Waals surface area contributed by atoms with Crippen LogP contribution in [0.5, 0.6) is 5.75 Å². The van der Waals surface area contributed by atoms with Crippen LogP contribution in [0, 0.1) is 5.82 Å². The molecule has 0 radical (unpaired) electrons. The summed E-state index contributed by atoms with van der Waals surface area (Å²) in [6, 6.07) is 11.9. The van der Waals surface area contributed by atoms with Gasteiger partial charge in [0.15, 0.2) is 0 Å². The van der Waals surface area contributed by atoms with Gasteiger partial charge in [-0.2, -0.15) is 0 Å². The van der Waals surface area contributed by atoms with Crippen molar-refractivity contribution in [3.63, 3.8) is 0 Å². The van der Waals surface area contributed by atoms with Gasteiger partial charge in [0.05, 0.1) is 18.8 Å². The molecule has 0 bridgehead atoms. The Morgan fingerprint density at radius 2 is 1.88 bits per heavy atom. The Kier molecular flexibility index (Phi) is 6.13. The van der Waals surface area contributed by atoms with Crippen LogP contribution in [0.3, 0.4) is 0 Å². The monoisotopic (exact) mass is 331 g/mol. The summed E-state index contributed by atoms with van der Waals surface area (Å²) in [4.78, 5) is 23.6. The minimum absolute atomic E-state index is 0.251. The lowest BCUT2D eigenvalue weighted by Gasteiger charge is -2.12. The molecule has 0 aliphatic rings. The van der Waals surface area contributed by atoms with Gasteiger partial charge in [-0.05, 0) is 37.3 Å². The van der Waals surface area contributed by atoms with Crippen molar-refractivity contribution in [2.24, 2.45) is 0 Å². The molecule has 2 aromatic carbocycles. The number of carbonyl (C=O) groups is 2. The van der Waals surface area contributed by atoms with Crippen LogP contribution in [0.2, 0.25) is 0 Å². The lowest BCUT2D eigenvalue weighted by molar-refractivity contribution is -0.115. The number of urea groups is 1. The van der Waals surface area contributed by atoms with Crippen molar-refractivity contribution in [2.75, 3.05) is 23.8 Å². The zero-order valence-corrected chi connectivity index (χ0v) is 13.1. The first-order valence-corrected chi connectivity index (χ1v) is 7.40. The zero-order valence-electron chi connectivity index (χ0n) is 13.1. The summed E-state index contributed by atoms with van der Waals surface area (Å²) in [5, 5.41) is 7.52. The van der Waals surface area contributed by atoms with Gasteiger partial charge in [-0.1, -0.05) is 18.2 Å². The molecule has 3 amide bonds. The highest BCUT2D eigenvalue weighted by molar-refractivity contribution is 5.97. The Morgan fingerprint density at radius 3 is 2.62 bits per heavy atom. The van der Waals surface area contributed by atoms with Gasteiger partial charge >= 0.3 is 6.03 Å². The molecule has 0 atom stereocenters. The lowest BCUT2D eigenvalue weighted by Crippen LogP contribution is -2.35. The zero-order chi connectivity index (χ0) is 17.4. The van der Waals surface area contributed by atoms with E-state index in [2.05, 4.69) is 16.0 Å². The average molecular weight is 331 g/mol. The second kappa shape index (κ2) is 8.52. The molecule has 2 aromatic rings. The molecule has 0 unspecified atom stereocenters. The van der Waals surface area contributed by atoms with Gasteiger partial charge < -0.3 is 20.7 Å². The number of hydrogen-bond acceptors (Lipinski definition) is 3. The van der Waals surface area contributed by atoms with Gasteiger partial charge in [0.1, 0.15) is 11.6 Å². The number of halogens is 1. The molecule has 3 N–H and O–H groups in total. The lowest BCUT2D eigenvalue weighted by atomic mass is 10.3. The summed E-state index contributed by atoms with van der Waals surface area (Å²) < 4.78 is 18.4. The van der Waals surface area contributed by atoms with E-state index in [-0.39, 0.29) is 6.54 Å². The maximum Gasteiger partial charge on any atom is 0.319 e. The van der Waals surface area contributed by atoms with E-state index in [1.54, 1.807) is 30.3 Å². The molecular formula is C17H18FN3O3. The number of rotatable bonds is 6. The molecule has 0 spiro atoms. The molecule has 0 aliphatic carbocycles. The van der Waals surface area contributed by atoms with E-state index in [4.69, 9.17) is 4.74 Å². The molecular weight excluding hydrogens is 313 g/mol. The first-order chi connectivity index (χ1) is 11.6. The molecule has 0 heterocycles. The van der Waals surface area contributed by atoms with Crippen molar-refractivity contribution in [1.82, 2.24) is 5.32 Å². The van der Waals surface area contributed by atoms with Crippen LogP contribution in [0.1, 0.15) is 6.92 Å².